The quantitative estimate of drug-likeness (QED) is 0.497. The van der Waals surface area contributed by atoms with Gasteiger partial charge in [0.2, 0.25) is 0 Å². The molecule has 2 atom stereocenters. The number of amides is 1. The molecule has 1 amide bonds. The van der Waals surface area contributed by atoms with Crippen molar-refractivity contribution in [2.75, 3.05) is 23.7 Å². The Morgan fingerprint density at radius 2 is 1.82 bits per heavy atom. The Morgan fingerprint density at radius 3 is 2.56 bits per heavy atom. The molecule has 0 saturated carbocycles. The van der Waals surface area contributed by atoms with E-state index in [4.69, 9.17) is 33.0 Å². The van der Waals surface area contributed by atoms with Crippen molar-refractivity contribution in [3.05, 3.63) is 87.9 Å². The first-order valence-corrected chi connectivity index (χ1v) is 11.8. The molecule has 1 N–H and O–H groups in total. The van der Waals surface area contributed by atoms with Crippen molar-refractivity contribution in [3.8, 4) is 5.75 Å². The molecule has 0 bridgehead atoms. The first-order chi connectivity index (χ1) is 16.5. The van der Waals surface area contributed by atoms with Gasteiger partial charge in [0.05, 0.1) is 29.5 Å². The van der Waals surface area contributed by atoms with E-state index >= 15 is 0 Å². The van der Waals surface area contributed by atoms with Gasteiger partial charge in [-0.05, 0) is 53.9 Å². The maximum Gasteiger partial charge on any atom is 0.286 e. The molecule has 0 saturated heterocycles. The summed E-state index contributed by atoms with van der Waals surface area (Å²) >= 11 is 12.7. The monoisotopic (exact) mass is 494 g/mol. The van der Waals surface area contributed by atoms with Gasteiger partial charge in [-0.2, -0.15) is 5.10 Å². The number of anilines is 2. The SMILES string of the molecule is COc1ccc([C@@H]2[C@@H](C)C(C(=O)NN3CCc4ccccc43)=NN2c2ccc(Cl)cc2Cl)cc1. The van der Waals surface area contributed by atoms with Crippen molar-refractivity contribution in [1.82, 2.24) is 5.43 Å². The molecule has 174 valence electrons. The van der Waals surface area contributed by atoms with Gasteiger partial charge >= 0.3 is 0 Å². The molecule has 5 rings (SSSR count). The van der Waals surface area contributed by atoms with E-state index in [-0.39, 0.29) is 17.9 Å². The third-order valence-electron chi connectivity index (χ3n) is 6.35. The first-order valence-electron chi connectivity index (χ1n) is 11.1. The number of nitrogens with one attached hydrogen (secondary N) is 1. The van der Waals surface area contributed by atoms with Gasteiger partial charge in [0.15, 0.2) is 0 Å². The van der Waals surface area contributed by atoms with E-state index in [2.05, 4.69) is 11.5 Å². The number of hydrogen-bond acceptors (Lipinski definition) is 5. The van der Waals surface area contributed by atoms with Crippen LogP contribution in [0.5, 0.6) is 5.75 Å². The molecule has 0 unspecified atom stereocenters. The predicted octanol–water partition coefficient (Wildman–Crippen LogP) is 5.65. The second-order valence-electron chi connectivity index (χ2n) is 8.40. The summed E-state index contributed by atoms with van der Waals surface area (Å²) in [5, 5.41) is 9.50. The lowest BCUT2D eigenvalue weighted by Gasteiger charge is -2.28. The Labute approximate surface area is 208 Å². The second kappa shape index (κ2) is 9.20. The van der Waals surface area contributed by atoms with Gasteiger partial charge in [-0.25, -0.2) is 0 Å². The van der Waals surface area contributed by atoms with Gasteiger partial charge in [-0.15, -0.1) is 0 Å². The lowest BCUT2D eigenvalue weighted by atomic mass is 9.91. The summed E-state index contributed by atoms with van der Waals surface area (Å²) < 4.78 is 5.32. The Hall–Kier alpha value is -3.22. The smallest absolute Gasteiger partial charge is 0.286 e. The summed E-state index contributed by atoms with van der Waals surface area (Å²) in [4.78, 5) is 13.4. The van der Waals surface area contributed by atoms with Gasteiger partial charge in [-0.3, -0.25) is 20.2 Å². The number of carbonyl (C=O) groups is 1. The average Bonchev–Trinajstić information content (AvgIpc) is 3.40. The molecule has 3 aromatic rings. The third kappa shape index (κ3) is 4.08. The van der Waals surface area contributed by atoms with Crippen LogP contribution in [0.4, 0.5) is 11.4 Å². The third-order valence-corrected chi connectivity index (χ3v) is 6.89. The van der Waals surface area contributed by atoms with E-state index in [9.17, 15) is 4.79 Å². The van der Waals surface area contributed by atoms with Crippen LogP contribution in [0.25, 0.3) is 0 Å². The van der Waals surface area contributed by atoms with Crippen molar-refractivity contribution in [3.63, 3.8) is 0 Å². The van der Waals surface area contributed by atoms with Crippen molar-refractivity contribution in [2.24, 2.45) is 11.0 Å². The van der Waals surface area contributed by atoms with Crippen molar-refractivity contribution in [1.29, 1.82) is 0 Å². The summed E-state index contributed by atoms with van der Waals surface area (Å²) in [6, 6.07) is 20.9. The normalized spacial score (nSPS) is 19.1. The van der Waals surface area contributed by atoms with E-state index in [1.54, 1.807) is 19.2 Å². The topological polar surface area (TPSA) is 57.2 Å². The molecule has 8 heteroatoms. The highest BCUT2D eigenvalue weighted by molar-refractivity contribution is 6.41. The highest BCUT2D eigenvalue weighted by Crippen LogP contribution is 2.42. The summed E-state index contributed by atoms with van der Waals surface area (Å²) in [7, 11) is 1.63. The van der Waals surface area contributed by atoms with Gasteiger partial charge < -0.3 is 4.74 Å². The highest BCUT2D eigenvalue weighted by Gasteiger charge is 2.40. The zero-order valence-electron chi connectivity index (χ0n) is 18.8. The minimum absolute atomic E-state index is 0.196. The molecule has 2 aliphatic heterocycles. The number of hydrazone groups is 1. The standard InChI is InChI=1S/C26H24Cl2N4O2/c1-16-24(26(33)30-31-14-13-17-5-3-4-6-22(17)31)29-32(23-12-9-19(27)15-21(23)28)25(16)18-7-10-20(34-2)11-8-18/h3-12,15-16,25H,13-14H2,1-2H3,(H,30,33)/t16-,25-/m0/s1. The fraction of sp³-hybridized carbons (Fsp3) is 0.231. The minimum Gasteiger partial charge on any atom is -0.497 e. The van der Waals surface area contributed by atoms with E-state index in [0.29, 0.717) is 21.4 Å². The number of carbonyl (C=O) groups excluding carboxylic acids is 1. The van der Waals surface area contributed by atoms with Crippen LogP contribution in [0.15, 0.2) is 71.8 Å². The lowest BCUT2D eigenvalue weighted by molar-refractivity contribution is -0.115. The van der Waals surface area contributed by atoms with Crippen LogP contribution in [-0.4, -0.2) is 25.3 Å². The first kappa shape index (κ1) is 22.6. The fourth-order valence-electron chi connectivity index (χ4n) is 4.62. The van der Waals surface area contributed by atoms with Crippen LogP contribution in [-0.2, 0) is 11.2 Å². The average molecular weight is 495 g/mol. The number of ether oxygens (including phenoxy) is 1. The zero-order valence-corrected chi connectivity index (χ0v) is 20.3. The van der Waals surface area contributed by atoms with Crippen LogP contribution in [0.2, 0.25) is 10.0 Å². The van der Waals surface area contributed by atoms with Crippen LogP contribution in [0, 0.1) is 5.92 Å². The van der Waals surface area contributed by atoms with Crippen molar-refractivity contribution < 1.29 is 9.53 Å². The van der Waals surface area contributed by atoms with Gasteiger partial charge in [0.1, 0.15) is 11.5 Å². The van der Waals surface area contributed by atoms with E-state index in [1.807, 2.05) is 65.5 Å². The van der Waals surface area contributed by atoms with E-state index in [0.717, 1.165) is 30.0 Å². The number of rotatable bonds is 5. The molecule has 0 aromatic heterocycles. The maximum atomic E-state index is 13.4. The molecule has 2 heterocycles. The highest BCUT2D eigenvalue weighted by atomic mass is 35.5. The largest absolute Gasteiger partial charge is 0.497 e. The summed E-state index contributed by atoms with van der Waals surface area (Å²) in [5.74, 6) is 0.338. The molecule has 34 heavy (non-hydrogen) atoms. The number of hydrazine groups is 1. The molecule has 0 spiro atoms. The molecule has 0 aliphatic carbocycles. The summed E-state index contributed by atoms with van der Waals surface area (Å²) in [5.41, 5.74) is 7.42. The molecule has 2 aliphatic rings. The molecular weight excluding hydrogens is 471 g/mol. The molecule has 6 nitrogen and oxygen atoms in total. The molecule has 0 radical (unpaired) electrons. The molecular formula is C26H24Cl2N4O2. The Kier molecular flexibility index (Phi) is 6.11. The number of hydrogen-bond donors (Lipinski definition) is 1. The van der Waals surface area contributed by atoms with Gasteiger partial charge in [0.25, 0.3) is 5.91 Å². The Bertz CT molecular complexity index is 1260. The number of benzene rings is 3. The lowest BCUT2D eigenvalue weighted by Crippen LogP contribution is -2.45. The minimum atomic E-state index is -0.227. The van der Waals surface area contributed by atoms with E-state index < -0.39 is 0 Å². The maximum absolute atomic E-state index is 13.4. The van der Waals surface area contributed by atoms with Crippen LogP contribution in [0.3, 0.4) is 0 Å². The summed E-state index contributed by atoms with van der Waals surface area (Å²) in [6.45, 7) is 2.73. The van der Waals surface area contributed by atoms with Crippen LogP contribution in [0.1, 0.15) is 24.1 Å². The zero-order chi connectivity index (χ0) is 23.8. The fourth-order valence-corrected chi connectivity index (χ4v) is 5.11. The number of para-hydroxylation sites is 1. The van der Waals surface area contributed by atoms with Gasteiger partial charge in [-0.1, -0.05) is 60.5 Å². The van der Waals surface area contributed by atoms with Crippen molar-refractivity contribution in [2.45, 2.75) is 19.4 Å². The van der Waals surface area contributed by atoms with Gasteiger partial charge in [0, 0.05) is 17.5 Å². The molecule has 0 fully saturated rings. The van der Waals surface area contributed by atoms with Crippen molar-refractivity contribution >= 4 is 46.2 Å². The second-order valence-corrected chi connectivity index (χ2v) is 9.25. The number of nitrogens with zero attached hydrogens (tertiary/aromatic N) is 3. The number of methoxy groups -OCH3 is 1. The summed E-state index contributed by atoms with van der Waals surface area (Å²) in [6.07, 6.45) is 0.888. The number of fused-ring (bicyclic) bond motifs is 1. The predicted molar refractivity (Wildman–Crippen MR) is 137 cm³/mol. The van der Waals surface area contributed by atoms with E-state index in [1.165, 1.54) is 5.56 Å². The van der Waals surface area contributed by atoms with Crippen LogP contribution < -0.4 is 20.2 Å². The Morgan fingerprint density at radius 1 is 1.06 bits per heavy atom. The molecule has 3 aromatic carbocycles. The van der Waals surface area contributed by atoms with Crippen LogP contribution >= 0.6 is 23.2 Å². The Balaban J connectivity index is 1.48. The number of halogens is 2.